The summed E-state index contributed by atoms with van der Waals surface area (Å²) in [5.74, 6) is 2.53. The molecule has 4 rings (SSSR count). The average molecular weight is 310 g/mol. The second kappa shape index (κ2) is 5.72. The lowest BCUT2D eigenvalue weighted by molar-refractivity contribution is 0.461. The summed E-state index contributed by atoms with van der Waals surface area (Å²) in [7, 11) is 0. The molecule has 0 unspecified atom stereocenters. The van der Waals surface area contributed by atoms with Gasteiger partial charge < -0.3 is 9.73 Å². The van der Waals surface area contributed by atoms with Crippen molar-refractivity contribution in [1.82, 2.24) is 14.4 Å². The van der Waals surface area contributed by atoms with Crippen LogP contribution >= 0.6 is 0 Å². The number of nitrogens with one attached hydrogen (secondary N) is 1. The van der Waals surface area contributed by atoms with E-state index in [9.17, 15) is 0 Å². The second-order valence-electron chi connectivity index (χ2n) is 6.35. The number of anilines is 1. The van der Waals surface area contributed by atoms with Gasteiger partial charge in [0.25, 0.3) is 0 Å². The van der Waals surface area contributed by atoms with Crippen molar-refractivity contribution in [2.24, 2.45) is 0 Å². The van der Waals surface area contributed by atoms with Gasteiger partial charge in [-0.15, -0.1) is 0 Å². The van der Waals surface area contributed by atoms with E-state index in [0.717, 1.165) is 28.6 Å². The minimum absolute atomic E-state index is 0.510. The third-order valence-corrected chi connectivity index (χ3v) is 4.60. The Hall–Kier alpha value is -2.30. The van der Waals surface area contributed by atoms with Crippen LogP contribution < -0.4 is 5.32 Å². The smallest absolute Gasteiger partial charge is 0.191 e. The molecule has 0 bridgehead atoms. The molecule has 0 amide bonds. The third kappa shape index (κ3) is 2.60. The number of nitrogens with zero attached hydrogens (tertiary/aromatic N) is 3. The first-order valence-electron chi connectivity index (χ1n) is 8.40. The fourth-order valence-electron chi connectivity index (χ4n) is 3.49. The highest BCUT2D eigenvalue weighted by Gasteiger charge is 2.22. The number of hydrogen-bond donors (Lipinski definition) is 1. The first-order valence-corrected chi connectivity index (χ1v) is 8.40. The van der Waals surface area contributed by atoms with Gasteiger partial charge in [-0.25, -0.2) is 9.97 Å². The Morgan fingerprint density at radius 2 is 1.91 bits per heavy atom. The Morgan fingerprint density at radius 3 is 2.65 bits per heavy atom. The van der Waals surface area contributed by atoms with Gasteiger partial charge in [0.2, 0.25) is 0 Å². The molecule has 1 N–H and O–H groups in total. The summed E-state index contributed by atoms with van der Waals surface area (Å²) in [5, 5.41) is 3.73. The molecular formula is C18H22N4O. The summed E-state index contributed by atoms with van der Waals surface area (Å²) < 4.78 is 7.74. The molecule has 3 aromatic rings. The predicted octanol–water partition coefficient (Wildman–Crippen LogP) is 4.35. The predicted molar refractivity (Wildman–Crippen MR) is 90.7 cm³/mol. The fourth-order valence-corrected chi connectivity index (χ4v) is 3.49. The maximum Gasteiger partial charge on any atom is 0.191 e. The van der Waals surface area contributed by atoms with Crippen LogP contribution in [0.4, 0.5) is 5.82 Å². The van der Waals surface area contributed by atoms with Crippen molar-refractivity contribution < 1.29 is 4.42 Å². The molecule has 5 nitrogen and oxygen atoms in total. The number of rotatable bonds is 3. The molecule has 1 fully saturated rings. The molecule has 0 atom stereocenters. The molecule has 0 radical (unpaired) electrons. The summed E-state index contributed by atoms with van der Waals surface area (Å²) in [6, 6.07) is 6.58. The van der Waals surface area contributed by atoms with Crippen molar-refractivity contribution in [2.75, 3.05) is 5.32 Å². The van der Waals surface area contributed by atoms with Gasteiger partial charge in [-0.3, -0.25) is 4.40 Å². The number of oxazole rings is 1. The standard InChI is InChI=1S/C18H22N4O/c1-12-16(19-13(2)23-12)17-18(20-14-8-4-3-5-9-14)22-11-7-6-10-15(22)21-17/h6-7,10-11,14,20H,3-5,8-9H2,1-2H3. The molecule has 120 valence electrons. The van der Waals surface area contributed by atoms with Crippen LogP contribution in [-0.2, 0) is 0 Å². The number of aromatic nitrogens is 3. The molecule has 0 saturated heterocycles. The monoisotopic (exact) mass is 310 g/mol. The fraction of sp³-hybridized carbons (Fsp3) is 0.444. The van der Waals surface area contributed by atoms with E-state index in [1.165, 1.54) is 32.1 Å². The number of hydrogen-bond acceptors (Lipinski definition) is 4. The highest BCUT2D eigenvalue weighted by atomic mass is 16.4. The van der Waals surface area contributed by atoms with Gasteiger partial charge in [0, 0.05) is 19.2 Å². The van der Waals surface area contributed by atoms with E-state index in [1.54, 1.807) is 0 Å². The summed E-state index contributed by atoms with van der Waals surface area (Å²) in [6.45, 7) is 3.82. The normalized spacial score (nSPS) is 16.1. The number of fused-ring (bicyclic) bond motifs is 1. The Balaban J connectivity index is 1.82. The maximum atomic E-state index is 5.62. The molecule has 3 heterocycles. The molecule has 3 aromatic heterocycles. The number of aryl methyl sites for hydroxylation is 2. The Bertz CT molecular complexity index is 827. The van der Waals surface area contributed by atoms with E-state index in [1.807, 2.05) is 32.0 Å². The summed E-state index contributed by atoms with van der Waals surface area (Å²) >= 11 is 0. The van der Waals surface area contributed by atoms with Crippen LogP contribution in [-0.4, -0.2) is 20.4 Å². The zero-order chi connectivity index (χ0) is 15.8. The highest BCUT2D eigenvalue weighted by Crippen LogP contribution is 2.32. The lowest BCUT2D eigenvalue weighted by atomic mass is 9.95. The SMILES string of the molecule is Cc1nc(-c2nc3ccccn3c2NC2CCCCC2)c(C)o1. The summed E-state index contributed by atoms with van der Waals surface area (Å²) in [5.41, 5.74) is 2.65. The molecule has 0 aromatic carbocycles. The van der Waals surface area contributed by atoms with E-state index >= 15 is 0 Å². The average Bonchev–Trinajstić information content (AvgIpc) is 3.08. The van der Waals surface area contributed by atoms with E-state index in [2.05, 4.69) is 20.9 Å². The number of pyridine rings is 1. The lowest BCUT2D eigenvalue weighted by Gasteiger charge is -2.24. The Kier molecular flexibility index (Phi) is 3.56. The van der Waals surface area contributed by atoms with E-state index < -0.39 is 0 Å². The van der Waals surface area contributed by atoms with Gasteiger partial charge >= 0.3 is 0 Å². The second-order valence-corrected chi connectivity index (χ2v) is 6.35. The van der Waals surface area contributed by atoms with Gasteiger partial charge in [0.1, 0.15) is 28.6 Å². The van der Waals surface area contributed by atoms with E-state index in [0.29, 0.717) is 11.9 Å². The molecule has 23 heavy (non-hydrogen) atoms. The molecule has 0 spiro atoms. The van der Waals surface area contributed by atoms with Crippen molar-refractivity contribution >= 4 is 11.5 Å². The minimum Gasteiger partial charge on any atom is -0.446 e. The van der Waals surface area contributed by atoms with Crippen molar-refractivity contribution in [1.29, 1.82) is 0 Å². The lowest BCUT2D eigenvalue weighted by Crippen LogP contribution is -2.23. The summed E-state index contributed by atoms with van der Waals surface area (Å²) in [4.78, 5) is 9.35. The highest BCUT2D eigenvalue weighted by molar-refractivity contribution is 5.75. The van der Waals surface area contributed by atoms with Gasteiger partial charge in [-0.05, 0) is 31.9 Å². The molecule has 1 aliphatic rings. The van der Waals surface area contributed by atoms with Crippen LogP contribution in [0.3, 0.4) is 0 Å². The van der Waals surface area contributed by atoms with Crippen LogP contribution in [0, 0.1) is 13.8 Å². The molecular weight excluding hydrogens is 288 g/mol. The zero-order valence-corrected chi connectivity index (χ0v) is 13.7. The van der Waals surface area contributed by atoms with E-state index in [-0.39, 0.29) is 0 Å². The van der Waals surface area contributed by atoms with Gasteiger partial charge in [-0.1, -0.05) is 25.3 Å². The Morgan fingerprint density at radius 1 is 1.09 bits per heavy atom. The van der Waals surface area contributed by atoms with Gasteiger partial charge in [0.15, 0.2) is 5.89 Å². The van der Waals surface area contributed by atoms with Crippen molar-refractivity contribution in [3.05, 3.63) is 36.0 Å². The molecule has 1 saturated carbocycles. The van der Waals surface area contributed by atoms with Crippen molar-refractivity contribution in [3.8, 4) is 11.4 Å². The minimum atomic E-state index is 0.510. The van der Waals surface area contributed by atoms with Crippen molar-refractivity contribution in [3.63, 3.8) is 0 Å². The topological polar surface area (TPSA) is 55.4 Å². The third-order valence-electron chi connectivity index (χ3n) is 4.60. The van der Waals surface area contributed by atoms with Crippen LogP contribution in [0.2, 0.25) is 0 Å². The maximum absolute atomic E-state index is 5.62. The quantitative estimate of drug-likeness (QED) is 0.781. The van der Waals surface area contributed by atoms with Crippen LogP contribution in [0.15, 0.2) is 28.8 Å². The first-order chi connectivity index (χ1) is 11.2. The van der Waals surface area contributed by atoms with Gasteiger partial charge in [0.05, 0.1) is 0 Å². The largest absolute Gasteiger partial charge is 0.446 e. The van der Waals surface area contributed by atoms with Crippen LogP contribution in [0.1, 0.15) is 43.8 Å². The summed E-state index contributed by atoms with van der Waals surface area (Å²) in [6.07, 6.45) is 8.43. The Labute approximate surface area is 135 Å². The molecule has 1 aliphatic carbocycles. The number of imidazole rings is 1. The van der Waals surface area contributed by atoms with Crippen LogP contribution in [0.25, 0.3) is 17.0 Å². The van der Waals surface area contributed by atoms with Crippen LogP contribution in [0.5, 0.6) is 0 Å². The van der Waals surface area contributed by atoms with E-state index in [4.69, 9.17) is 9.40 Å². The first kappa shape index (κ1) is 14.3. The van der Waals surface area contributed by atoms with Crippen molar-refractivity contribution in [2.45, 2.75) is 52.0 Å². The zero-order valence-electron chi connectivity index (χ0n) is 13.7. The van der Waals surface area contributed by atoms with Gasteiger partial charge in [-0.2, -0.15) is 0 Å². The molecule has 0 aliphatic heterocycles. The molecule has 5 heteroatoms.